The predicted molar refractivity (Wildman–Crippen MR) is 120 cm³/mol. The third-order valence-corrected chi connectivity index (χ3v) is 9.47. The molecule has 0 N–H and O–H groups in total. The Morgan fingerprint density at radius 3 is 2.29 bits per heavy atom. The quantitative estimate of drug-likeness (QED) is 0.679. The minimum absolute atomic E-state index is 0.137. The monoisotopic (exact) mass is 423 g/mol. The summed E-state index contributed by atoms with van der Waals surface area (Å²) >= 11 is 0. The molecule has 1 aromatic carbocycles. The summed E-state index contributed by atoms with van der Waals surface area (Å²) in [5.41, 5.74) is 4.34. The summed E-state index contributed by atoms with van der Waals surface area (Å²) in [6, 6.07) is 7.10. The third-order valence-electron chi connectivity index (χ3n) is 9.47. The van der Waals surface area contributed by atoms with Crippen LogP contribution in [0.25, 0.3) is 0 Å². The minimum Gasteiger partial charge on any atom is -0.350 e. The van der Waals surface area contributed by atoms with E-state index >= 15 is 0 Å². The van der Waals surface area contributed by atoms with Crippen LogP contribution in [0, 0.1) is 31.1 Å². The Kier molecular flexibility index (Phi) is 4.60. The molecule has 1 spiro atoms. The molecule has 0 radical (unpaired) electrons. The van der Waals surface area contributed by atoms with E-state index < -0.39 is 5.79 Å². The standard InChI is InChI=1S/C27H37NO3/c1-19-4-5-23(12-20(19)2)25-14-21-13-22(15-25)17-26(16-21,18-25)24(29)28-8-6-27(7-9-28)30-10-3-11-31-27/h4-5,12,21-22H,3,6-11,13-18H2,1-2H3. The van der Waals surface area contributed by atoms with E-state index in [0.29, 0.717) is 17.7 Å². The van der Waals surface area contributed by atoms with Gasteiger partial charge in [0.2, 0.25) is 5.91 Å². The molecule has 4 nitrogen and oxygen atoms in total. The molecule has 2 unspecified atom stereocenters. The number of rotatable bonds is 2. The summed E-state index contributed by atoms with van der Waals surface area (Å²) in [4.78, 5) is 16.2. The lowest BCUT2D eigenvalue weighted by atomic mass is 9.42. The van der Waals surface area contributed by atoms with Crippen molar-refractivity contribution in [3.05, 3.63) is 34.9 Å². The van der Waals surface area contributed by atoms with Gasteiger partial charge in [0.15, 0.2) is 5.79 Å². The number of aryl methyl sites for hydroxylation is 2. The molecule has 168 valence electrons. The Balaban J connectivity index is 1.25. The Bertz CT molecular complexity index is 862. The first-order valence-corrected chi connectivity index (χ1v) is 12.6. The van der Waals surface area contributed by atoms with Crippen molar-refractivity contribution in [2.75, 3.05) is 26.3 Å². The first kappa shape index (κ1) is 20.2. The van der Waals surface area contributed by atoms with Crippen LogP contribution in [0.2, 0.25) is 0 Å². The van der Waals surface area contributed by atoms with Gasteiger partial charge < -0.3 is 14.4 Å². The van der Waals surface area contributed by atoms with Crippen LogP contribution in [0.4, 0.5) is 0 Å². The molecule has 2 heterocycles. The van der Waals surface area contributed by atoms with E-state index in [1.54, 1.807) is 0 Å². The lowest BCUT2D eigenvalue weighted by Crippen LogP contribution is -2.61. The minimum atomic E-state index is -0.419. The summed E-state index contributed by atoms with van der Waals surface area (Å²) in [6.45, 7) is 7.59. The number of likely N-dealkylation sites (tertiary alicyclic amines) is 1. The van der Waals surface area contributed by atoms with Crippen molar-refractivity contribution in [2.45, 2.75) is 82.8 Å². The van der Waals surface area contributed by atoms with Gasteiger partial charge in [-0.25, -0.2) is 0 Å². The van der Waals surface area contributed by atoms with E-state index in [0.717, 1.165) is 64.8 Å². The van der Waals surface area contributed by atoms with Crippen molar-refractivity contribution in [1.82, 2.24) is 4.90 Å². The number of hydrogen-bond acceptors (Lipinski definition) is 3. The summed E-state index contributed by atoms with van der Waals surface area (Å²) < 4.78 is 12.0. The zero-order chi connectivity index (χ0) is 21.3. The molecule has 4 aliphatic carbocycles. The molecule has 2 atom stereocenters. The molecule has 1 amide bonds. The Morgan fingerprint density at radius 1 is 0.968 bits per heavy atom. The third kappa shape index (κ3) is 3.20. The van der Waals surface area contributed by atoms with Crippen molar-refractivity contribution in [3.8, 4) is 0 Å². The van der Waals surface area contributed by atoms with Crippen LogP contribution in [0.5, 0.6) is 0 Å². The van der Waals surface area contributed by atoms with Crippen LogP contribution in [-0.2, 0) is 19.7 Å². The predicted octanol–water partition coefficient (Wildman–Crippen LogP) is 4.90. The summed E-state index contributed by atoms with van der Waals surface area (Å²) in [5.74, 6) is 1.46. The average molecular weight is 424 g/mol. The first-order valence-electron chi connectivity index (χ1n) is 12.6. The maximum absolute atomic E-state index is 14.1. The van der Waals surface area contributed by atoms with Crippen molar-refractivity contribution in [3.63, 3.8) is 0 Å². The second-order valence-electron chi connectivity index (χ2n) is 11.6. The van der Waals surface area contributed by atoms with Crippen LogP contribution in [0.3, 0.4) is 0 Å². The van der Waals surface area contributed by atoms with Crippen LogP contribution in [0.15, 0.2) is 18.2 Å². The molecule has 4 heteroatoms. The highest BCUT2D eigenvalue weighted by molar-refractivity contribution is 5.84. The zero-order valence-corrected chi connectivity index (χ0v) is 19.3. The highest BCUT2D eigenvalue weighted by atomic mass is 16.7. The van der Waals surface area contributed by atoms with Gasteiger partial charge in [0.25, 0.3) is 0 Å². The number of benzene rings is 1. The smallest absolute Gasteiger partial charge is 0.228 e. The van der Waals surface area contributed by atoms with Gasteiger partial charge in [-0.2, -0.15) is 0 Å². The van der Waals surface area contributed by atoms with Gasteiger partial charge in [-0.05, 0) is 92.7 Å². The fraction of sp³-hybridized carbons (Fsp3) is 0.741. The molecule has 31 heavy (non-hydrogen) atoms. The first-order chi connectivity index (χ1) is 14.9. The summed E-state index contributed by atoms with van der Waals surface area (Å²) in [5, 5.41) is 0. The molecule has 2 saturated heterocycles. The summed E-state index contributed by atoms with van der Waals surface area (Å²) in [7, 11) is 0. The van der Waals surface area contributed by atoms with Crippen LogP contribution < -0.4 is 0 Å². The van der Waals surface area contributed by atoms with Gasteiger partial charge in [0, 0.05) is 25.9 Å². The molecule has 6 fully saturated rings. The molecular weight excluding hydrogens is 386 g/mol. The molecule has 0 aromatic heterocycles. The second-order valence-corrected chi connectivity index (χ2v) is 11.6. The number of piperidine rings is 1. The van der Waals surface area contributed by atoms with E-state index in [1.807, 2.05) is 0 Å². The SMILES string of the molecule is Cc1ccc(C23CC4CC(CC(C(=O)N5CCC6(CC5)OCCCO6)(C4)C2)C3)cc1C. The number of ether oxygens (including phenoxy) is 2. The summed E-state index contributed by atoms with van der Waals surface area (Å²) in [6.07, 6.45) is 9.82. The fourth-order valence-electron chi connectivity index (χ4n) is 8.21. The lowest BCUT2D eigenvalue weighted by molar-refractivity contribution is -0.283. The van der Waals surface area contributed by atoms with Crippen molar-refractivity contribution in [2.24, 2.45) is 17.3 Å². The number of carbonyl (C=O) groups is 1. The molecule has 7 rings (SSSR count). The van der Waals surface area contributed by atoms with E-state index in [1.165, 1.54) is 36.0 Å². The normalized spacial score (nSPS) is 38.6. The van der Waals surface area contributed by atoms with Gasteiger partial charge in [0.1, 0.15) is 0 Å². The Hall–Kier alpha value is -1.39. The van der Waals surface area contributed by atoms with Gasteiger partial charge >= 0.3 is 0 Å². The highest BCUT2D eigenvalue weighted by Gasteiger charge is 2.62. The van der Waals surface area contributed by atoms with Crippen molar-refractivity contribution in [1.29, 1.82) is 0 Å². The van der Waals surface area contributed by atoms with Crippen LogP contribution in [0.1, 0.15) is 74.5 Å². The molecule has 6 aliphatic rings. The molecule has 1 aromatic rings. The zero-order valence-electron chi connectivity index (χ0n) is 19.3. The maximum Gasteiger partial charge on any atom is 0.228 e. The van der Waals surface area contributed by atoms with E-state index in [-0.39, 0.29) is 10.8 Å². The van der Waals surface area contributed by atoms with E-state index in [2.05, 4.69) is 36.9 Å². The topological polar surface area (TPSA) is 38.8 Å². The fourth-order valence-corrected chi connectivity index (χ4v) is 8.21. The van der Waals surface area contributed by atoms with E-state index in [4.69, 9.17) is 9.47 Å². The highest BCUT2D eigenvalue weighted by Crippen LogP contribution is 2.66. The van der Waals surface area contributed by atoms with Gasteiger partial charge in [-0.3, -0.25) is 4.79 Å². The lowest BCUT2D eigenvalue weighted by Gasteiger charge is -2.62. The number of carbonyl (C=O) groups excluding carboxylic acids is 1. The number of nitrogens with zero attached hydrogens (tertiary/aromatic N) is 1. The molecule has 4 bridgehead atoms. The average Bonchev–Trinajstić information content (AvgIpc) is 2.75. The largest absolute Gasteiger partial charge is 0.350 e. The van der Waals surface area contributed by atoms with Crippen LogP contribution >= 0.6 is 0 Å². The Labute approximate surface area is 186 Å². The maximum atomic E-state index is 14.1. The molecular formula is C27H37NO3. The molecule has 4 saturated carbocycles. The number of amides is 1. The van der Waals surface area contributed by atoms with Gasteiger partial charge in [-0.1, -0.05) is 18.2 Å². The van der Waals surface area contributed by atoms with Crippen molar-refractivity contribution >= 4 is 5.91 Å². The van der Waals surface area contributed by atoms with Crippen molar-refractivity contribution < 1.29 is 14.3 Å². The van der Waals surface area contributed by atoms with E-state index in [9.17, 15) is 4.79 Å². The second kappa shape index (κ2) is 7.05. The van der Waals surface area contributed by atoms with Crippen LogP contribution in [-0.4, -0.2) is 42.9 Å². The molecule has 2 aliphatic heterocycles. The Morgan fingerprint density at radius 2 is 1.65 bits per heavy atom. The van der Waals surface area contributed by atoms with Gasteiger partial charge in [-0.15, -0.1) is 0 Å². The number of hydrogen-bond donors (Lipinski definition) is 0. The van der Waals surface area contributed by atoms with Gasteiger partial charge in [0.05, 0.1) is 18.6 Å².